The maximum absolute atomic E-state index is 9.19. The highest BCUT2D eigenvalue weighted by atomic mass is 35.5. The Hall–Kier alpha value is -2.05. The van der Waals surface area contributed by atoms with E-state index in [-0.39, 0.29) is 10.9 Å². The van der Waals surface area contributed by atoms with Crippen LogP contribution in [0.5, 0.6) is 5.75 Å². The maximum atomic E-state index is 9.19. The zero-order valence-electron chi connectivity index (χ0n) is 8.18. The van der Waals surface area contributed by atoms with Gasteiger partial charge in [-0.15, -0.1) is 0 Å². The predicted octanol–water partition coefficient (Wildman–Crippen LogP) is 2.98. The van der Waals surface area contributed by atoms with Gasteiger partial charge in [-0.05, 0) is 23.8 Å². The van der Waals surface area contributed by atoms with E-state index in [1.54, 1.807) is 30.3 Å². The first kappa shape index (κ1) is 10.5. The molecule has 1 aromatic heterocycles. The number of phenolic OH excluding ortho intramolecular Hbond substituents is 1. The molecule has 0 spiro atoms. The van der Waals surface area contributed by atoms with E-state index in [1.165, 1.54) is 6.20 Å². The summed E-state index contributed by atoms with van der Waals surface area (Å²) in [7, 11) is 0. The molecule has 0 amide bonds. The summed E-state index contributed by atoms with van der Waals surface area (Å²) in [5.41, 5.74) is 1.81. The van der Waals surface area contributed by atoms with Crippen LogP contribution in [0.1, 0.15) is 5.56 Å². The van der Waals surface area contributed by atoms with Crippen LogP contribution < -0.4 is 0 Å². The number of halogens is 1. The van der Waals surface area contributed by atoms with Gasteiger partial charge in [0.2, 0.25) is 0 Å². The third-order valence-electron chi connectivity index (χ3n) is 2.18. The van der Waals surface area contributed by atoms with Crippen molar-refractivity contribution in [2.75, 3.05) is 0 Å². The lowest BCUT2D eigenvalue weighted by Gasteiger charge is -2.05. The van der Waals surface area contributed by atoms with Crippen LogP contribution >= 0.6 is 11.6 Å². The van der Waals surface area contributed by atoms with Gasteiger partial charge in [0.05, 0.1) is 11.6 Å². The Morgan fingerprint density at radius 3 is 2.50 bits per heavy atom. The number of nitrogens with zero attached hydrogens (tertiary/aromatic N) is 2. The molecule has 0 aliphatic rings. The van der Waals surface area contributed by atoms with Gasteiger partial charge in [0.15, 0.2) is 0 Å². The van der Waals surface area contributed by atoms with Gasteiger partial charge in [-0.2, -0.15) is 5.26 Å². The number of nitriles is 1. The fraction of sp³-hybridized carbons (Fsp3) is 0. The van der Waals surface area contributed by atoms with Crippen LogP contribution in [0.15, 0.2) is 36.5 Å². The van der Waals surface area contributed by atoms with Crippen molar-refractivity contribution in [2.24, 2.45) is 0 Å². The zero-order chi connectivity index (χ0) is 11.5. The lowest BCUT2D eigenvalue weighted by atomic mass is 10.0. The largest absolute Gasteiger partial charge is 0.508 e. The molecule has 1 N–H and O–H groups in total. The van der Waals surface area contributed by atoms with Gasteiger partial charge < -0.3 is 5.11 Å². The molecule has 0 radical (unpaired) electrons. The monoisotopic (exact) mass is 230 g/mol. The molecule has 0 unspecified atom stereocenters. The van der Waals surface area contributed by atoms with Gasteiger partial charge in [-0.25, -0.2) is 4.98 Å². The highest BCUT2D eigenvalue weighted by molar-refractivity contribution is 6.32. The fourth-order valence-corrected chi connectivity index (χ4v) is 1.70. The van der Waals surface area contributed by atoms with E-state index in [0.29, 0.717) is 11.1 Å². The second kappa shape index (κ2) is 4.21. The van der Waals surface area contributed by atoms with E-state index in [0.717, 1.165) is 5.56 Å². The van der Waals surface area contributed by atoms with Crippen molar-refractivity contribution >= 4 is 11.6 Å². The Kier molecular flexibility index (Phi) is 2.76. The summed E-state index contributed by atoms with van der Waals surface area (Å²) in [5, 5.41) is 18.4. The SMILES string of the molecule is N#Cc1ccnc(Cl)c1-c1ccc(O)cc1. The summed E-state index contributed by atoms with van der Waals surface area (Å²) >= 11 is 5.96. The van der Waals surface area contributed by atoms with Gasteiger partial charge in [0, 0.05) is 11.8 Å². The number of phenols is 1. The number of hydrogen-bond donors (Lipinski definition) is 1. The molecule has 1 aromatic carbocycles. The van der Waals surface area contributed by atoms with Gasteiger partial charge in [-0.3, -0.25) is 0 Å². The Balaban J connectivity index is 2.64. The summed E-state index contributed by atoms with van der Waals surface area (Å²) in [5.74, 6) is 0.169. The summed E-state index contributed by atoms with van der Waals surface area (Å²) in [4.78, 5) is 3.94. The average molecular weight is 231 g/mol. The Labute approximate surface area is 97.6 Å². The third kappa shape index (κ3) is 1.83. The van der Waals surface area contributed by atoms with E-state index >= 15 is 0 Å². The molecule has 2 aromatic rings. The molecular weight excluding hydrogens is 224 g/mol. The summed E-state index contributed by atoms with van der Waals surface area (Å²) < 4.78 is 0. The van der Waals surface area contributed by atoms with Gasteiger partial charge in [-0.1, -0.05) is 23.7 Å². The molecule has 1 heterocycles. The van der Waals surface area contributed by atoms with E-state index < -0.39 is 0 Å². The summed E-state index contributed by atoms with van der Waals surface area (Å²) in [6.07, 6.45) is 1.49. The predicted molar refractivity (Wildman–Crippen MR) is 61.1 cm³/mol. The van der Waals surface area contributed by atoms with Crippen LogP contribution in [-0.4, -0.2) is 10.1 Å². The second-order valence-electron chi connectivity index (χ2n) is 3.18. The molecule has 0 bridgehead atoms. The van der Waals surface area contributed by atoms with Crippen LogP contribution in [0.2, 0.25) is 5.15 Å². The zero-order valence-corrected chi connectivity index (χ0v) is 8.94. The molecular formula is C12H7ClN2O. The van der Waals surface area contributed by atoms with Crippen molar-refractivity contribution in [3.8, 4) is 22.9 Å². The fourth-order valence-electron chi connectivity index (χ4n) is 1.43. The molecule has 3 nitrogen and oxygen atoms in total. The van der Waals surface area contributed by atoms with E-state index in [4.69, 9.17) is 16.9 Å². The van der Waals surface area contributed by atoms with Crippen LogP contribution in [0, 0.1) is 11.3 Å². The topological polar surface area (TPSA) is 56.9 Å². The van der Waals surface area contributed by atoms with Crippen molar-refractivity contribution < 1.29 is 5.11 Å². The Morgan fingerprint density at radius 2 is 1.88 bits per heavy atom. The summed E-state index contributed by atoms with van der Waals surface area (Å²) in [6.45, 7) is 0. The van der Waals surface area contributed by atoms with Crippen molar-refractivity contribution in [1.82, 2.24) is 4.98 Å². The molecule has 16 heavy (non-hydrogen) atoms. The molecule has 2 rings (SSSR count). The van der Waals surface area contributed by atoms with Crippen LogP contribution in [0.3, 0.4) is 0 Å². The number of rotatable bonds is 1. The molecule has 78 valence electrons. The third-order valence-corrected chi connectivity index (χ3v) is 2.47. The van der Waals surface area contributed by atoms with E-state index in [1.807, 2.05) is 0 Å². The van der Waals surface area contributed by atoms with Crippen molar-refractivity contribution in [3.05, 3.63) is 47.2 Å². The number of hydrogen-bond acceptors (Lipinski definition) is 3. The molecule has 0 atom stereocenters. The first-order chi connectivity index (χ1) is 7.72. The number of aromatic hydroxyl groups is 1. The van der Waals surface area contributed by atoms with Crippen molar-refractivity contribution in [3.63, 3.8) is 0 Å². The van der Waals surface area contributed by atoms with Crippen molar-refractivity contribution in [2.45, 2.75) is 0 Å². The number of pyridine rings is 1. The minimum absolute atomic E-state index is 0.169. The molecule has 0 saturated heterocycles. The Morgan fingerprint density at radius 1 is 1.19 bits per heavy atom. The lowest BCUT2D eigenvalue weighted by Crippen LogP contribution is -1.88. The Bertz CT molecular complexity index is 558. The highest BCUT2D eigenvalue weighted by Gasteiger charge is 2.10. The smallest absolute Gasteiger partial charge is 0.138 e. The maximum Gasteiger partial charge on any atom is 0.138 e. The minimum atomic E-state index is 0.169. The average Bonchev–Trinajstić information content (AvgIpc) is 2.30. The number of benzene rings is 1. The van der Waals surface area contributed by atoms with E-state index in [2.05, 4.69) is 11.1 Å². The molecule has 4 heteroatoms. The first-order valence-corrected chi connectivity index (χ1v) is 4.94. The van der Waals surface area contributed by atoms with Crippen molar-refractivity contribution in [1.29, 1.82) is 5.26 Å². The molecule has 0 aliphatic carbocycles. The van der Waals surface area contributed by atoms with Crippen LogP contribution in [0.25, 0.3) is 11.1 Å². The molecule has 0 fully saturated rings. The normalized spacial score (nSPS) is 9.75. The summed E-state index contributed by atoms with van der Waals surface area (Å²) in [6, 6.07) is 10.1. The van der Waals surface area contributed by atoms with Crippen LogP contribution in [0.4, 0.5) is 0 Å². The second-order valence-corrected chi connectivity index (χ2v) is 3.54. The van der Waals surface area contributed by atoms with Gasteiger partial charge in [0.1, 0.15) is 10.9 Å². The lowest BCUT2D eigenvalue weighted by molar-refractivity contribution is 0.475. The standard InChI is InChI=1S/C12H7ClN2O/c13-12-11(9(7-14)5-6-15-12)8-1-3-10(16)4-2-8/h1-6,16H. The minimum Gasteiger partial charge on any atom is -0.508 e. The molecule has 0 aliphatic heterocycles. The highest BCUT2D eigenvalue weighted by Crippen LogP contribution is 2.30. The number of aromatic nitrogens is 1. The quantitative estimate of drug-likeness (QED) is 0.767. The molecule has 0 saturated carbocycles. The van der Waals surface area contributed by atoms with E-state index in [9.17, 15) is 5.11 Å². The van der Waals surface area contributed by atoms with Gasteiger partial charge >= 0.3 is 0 Å². The first-order valence-electron chi connectivity index (χ1n) is 4.56. The van der Waals surface area contributed by atoms with Crippen LogP contribution in [-0.2, 0) is 0 Å². The van der Waals surface area contributed by atoms with Gasteiger partial charge in [0.25, 0.3) is 0 Å².